The molecule has 0 unspecified atom stereocenters. The van der Waals surface area contributed by atoms with Crippen molar-refractivity contribution in [2.24, 2.45) is 0 Å². The van der Waals surface area contributed by atoms with Crippen molar-refractivity contribution in [3.63, 3.8) is 0 Å². The van der Waals surface area contributed by atoms with Crippen LogP contribution in [0.3, 0.4) is 0 Å². The first kappa shape index (κ1) is 13.8. The van der Waals surface area contributed by atoms with Crippen molar-refractivity contribution in [1.82, 2.24) is 0 Å². The topological polar surface area (TPSA) is 12.5 Å². The fourth-order valence-corrected chi connectivity index (χ4v) is 3.88. The predicted octanol–water partition coefficient (Wildman–Crippen LogP) is 4.28. The van der Waals surface area contributed by atoms with E-state index in [0.29, 0.717) is 12.1 Å². The van der Waals surface area contributed by atoms with Crippen LogP contribution in [-0.4, -0.2) is 19.3 Å². The summed E-state index contributed by atoms with van der Waals surface area (Å²) in [4.78, 5) is 2.55. The number of nitrogens with zero attached hydrogens (tertiary/aromatic N) is 1. The van der Waals surface area contributed by atoms with Crippen LogP contribution in [0.1, 0.15) is 35.6 Å². The zero-order valence-corrected chi connectivity index (χ0v) is 13.2. The summed E-state index contributed by atoms with van der Waals surface area (Å²) in [5, 5.41) is 0. The van der Waals surface area contributed by atoms with E-state index in [2.05, 4.69) is 60.4 Å². The molecule has 0 spiro atoms. The first-order valence-electron chi connectivity index (χ1n) is 8.35. The van der Waals surface area contributed by atoms with Crippen molar-refractivity contribution >= 4 is 5.69 Å². The molecule has 0 aliphatic carbocycles. The van der Waals surface area contributed by atoms with Crippen LogP contribution in [0.2, 0.25) is 0 Å². The van der Waals surface area contributed by atoms with Gasteiger partial charge in [0.1, 0.15) is 0 Å². The number of fused-ring (bicyclic) bond motifs is 1. The Morgan fingerprint density at radius 3 is 2.64 bits per heavy atom. The van der Waals surface area contributed by atoms with E-state index in [1.54, 1.807) is 0 Å². The molecule has 0 saturated carbocycles. The highest BCUT2D eigenvalue weighted by atomic mass is 16.5. The van der Waals surface area contributed by atoms with Gasteiger partial charge in [0.25, 0.3) is 0 Å². The van der Waals surface area contributed by atoms with E-state index in [9.17, 15) is 0 Å². The Bertz CT molecular complexity index is 643. The molecule has 1 saturated heterocycles. The van der Waals surface area contributed by atoms with E-state index in [-0.39, 0.29) is 0 Å². The molecule has 2 heterocycles. The summed E-state index contributed by atoms with van der Waals surface area (Å²) in [6, 6.07) is 18.2. The van der Waals surface area contributed by atoms with Crippen LogP contribution in [-0.2, 0) is 11.2 Å². The first-order chi connectivity index (χ1) is 10.8. The Labute approximate surface area is 132 Å². The number of rotatable bonds is 2. The van der Waals surface area contributed by atoms with Crippen molar-refractivity contribution in [2.75, 3.05) is 18.1 Å². The fourth-order valence-electron chi connectivity index (χ4n) is 3.88. The Morgan fingerprint density at radius 1 is 1.05 bits per heavy atom. The van der Waals surface area contributed by atoms with E-state index in [4.69, 9.17) is 4.74 Å². The molecular weight excluding hydrogens is 270 g/mol. The van der Waals surface area contributed by atoms with Gasteiger partial charge in [-0.25, -0.2) is 0 Å². The predicted molar refractivity (Wildman–Crippen MR) is 90.4 cm³/mol. The van der Waals surface area contributed by atoms with Crippen molar-refractivity contribution in [3.05, 3.63) is 65.2 Å². The van der Waals surface area contributed by atoms with Gasteiger partial charge in [-0.3, -0.25) is 0 Å². The van der Waals surface area contributed by atoms with Crippen LogP contribution in [0, 0.1) is 6.92 Å². The van der Waals surface area contributed by atoms with E-state index < -0.39 is 0 Å². The van der Waals surface area contributed by atoms with Crippen molar-refractivity contribution < 1.29 is 4.74 Å². The highest BCUT2D eigenvalue weighted by Crippen LogP contribution is 2.39. The number of benzene rings is 2. The van der Waals surface area contributed by atoms with Crippen LogP contribution in [0.4, 0.5) is 5.69 Å². The average molecular weight is 293 g/mol. The third kappa shape index (κ3) is 2.42. The van der Waals surface area contributed by atoms with Gasteiger partial charge in [-0.15, -0.1) is 0 Å². The summed E-state index contributed by atoms with van der Waals surface area (Å²) in [5.41, 5.74) is 5.59. The minimum Gasteiger partial charge on any atom is -0.376 e. The molecule has 0 amide bonds. The van der Waals surface area contributed by atoms with Gasteiger partial charge in [0.05, 0.1) is 12.1 Å². The summed E-state index contributed by atoms with van der Waals surface area (Å²) in [6.45, 7) is 4.13. The molecule has 0 bridgehead atoms. The van der Waals surface area contributed by atoms with Gasteiger partial charge >= 0.3 is 0 Å². The van der Waals surface area contributed by atoms with Crippen LogP contribution >= 0.6 is 0 Å². The number of hydrogen-bond acceptors (Lipinski definition) is 2. The highest BCUT2D eigenvalue weighted by molar-refractivity contribution is 5.53. The molecular formula is C20H23NO. The molecule has 0 N–H and O–H groups in total. The second-order valence-electron chi connectivity index (χ2n) is 6.47. The van der Waals surface area contributed by atoms with Gasteiger partial charge in [0.2, 0.25) is 0 Å². The lowest BCUT2D eigenvalue weighted by Crippen LogP contribution is -2.41. The molecule has 22 heavy (non-hydrogen) atoms. The fraction of sp³-hybridized carbons (Fsp3) is 0.400. The maximum Gasteiger partial charge on any atom is 0.0821 e. The first-order valence-corrected chi connectivity index (χ1v) is 8.35. The van der Waals surface area contributed by atoms with Crippen molar-refractivity contribution in [3.8, 4) is 0 Å². The number of hydrogen-bond donors (Lipinski definition) is 0. The Balaban J connectivity index is 1.75. The van der Waals surface area contributed by atoms with Gasteiger partial charge in [0, 0.05) is 18.8 Å². The van der Waals surface area contributed by atoms with Crippen molar-refractivity contribution in [1.29, 1.82) is 0 Å². The van der Waals surface area contributed by atoms with E-state index >= 15 is 0 Å². The Morgan fingerprint density at radius 2 is 1.86 bits per heavy atom. The van der Waals surface area contributed by atoms with Gasteiger partial charge in [-0.2, -0.15) is 0 Å². The van der Waals surface area contributed by atoms with Gasteiger partial charge in [-0.1, -0.05) is 42.0 Å². The third-order valence-corrected chi connectivity index (χ3v) is 5.01. The van der Waals surface area contributed by atoms with Gasteiger partial charge in [-0.05, 0) is 49.4 Å². The van der Waals surface area contributed by atoms with E-state index in [1.807, 2.05) is 0 Å². The molecule has 2 nitrogen and oxygen atoms in total. The maximum atomic E-state index is 6.08. The summed E-state index contributed by atoms with van der Waals surface area (Å²) < 4.78 is 6.08. The molecule has 114 valence electrons. The molecule has 2 aliphatic rings. The second kappa shape index (κ2) is 5.77. The molecule has 1 fully saturated rings. The normalized spacial score (nSPS) is 24.3. The molecule has 2 aromatic rings. The second-order valence-corrected chi connectivity index (χ2v) is 6.47. The molecule has 2 heteroatoms. The minimum absolute atomic E-state index is 0.322. The molecule has 0 radical (unpaired) electrons. The smallest absolute Gasteiger partial charge is 0.0821 e. The molecule has 2 aliphatic heterocycles. The summed E-state index contributed by atoms with van der Waals surface area (Å²) >= 11 is 0. The zero-order valence-electron chi connectivity index (χ0n) is 13.2. The lowest BCUT2D eigenvalue weighted by Gasteiger charge is -2.41. The van der Waals surface area contributed by atoms with Gasteiger partial charge < -0.3 is 9.64 Å². The lowest BCUT2D eigenvalue weighted by molar-refractivity contribution is 0.0854. The van der Waals surface area contributed by atoms with Crippen LogP contribution in [0.5, 0.6) is 0 Å². The highest BCUT2D eigenvalue weighted by Gasteiger charge is 2.36. The SMILES string of the molecule is Cc1ccc(N2CCc3ccccc3[C@@H]2[C@@H]2CCCO2)cc1. The summed E-state index contributed by atoms with van der Waals surface area (Å²) in [5.74, 6) is 0. The zero-order chi connectivity index (χ0) is 14.9. The maximum absolute atomic E-state index is 6.08. The molecule has 4 rings (SSSR count). The molecule has 2 aromatic carbocycles. The lowest BCUT2D eigenvalue weighted by atomic mass is 9.88. The van der Waals surface area contributed by atoms with E-state index in [1.165, 1.54) is 35.2 Å². The Hall–Kier alpha value is -1.80. The quantitative estimate of drug-likeness (QED) is 0.819. The minimum atomic E-state index is 0.322. The van der Waals surface area contributed by atoms with Crippen LogP contribution in [0.25, 0.3) is 0 Å². The van der Waals surface area contributed by atoms with E-state index in [0.717, 1.165) is 19.6 Å². The average Bonchev–Trinajstić information content (AvgIpc) is 3.09. The van der Waals surface area contributed by atoms with Crippen molar-refractivity contribution in [2.45, 2.75) is 38.3 Å². The molecule has 2 atom stereocenters. The third-order valence-electron chi connectivity index (χ3n) is 5.01. The monoisotopic (exact) mass is 293 g/mol. The molecule has 0 aromatic heterocycles. The van der Waals surface area contributed by atoms with Gasteiger partial charge in [0.15, 0.2) is 0 Å². The standard InChI is InChI=1S/C20H23NO/c1-15-8-10-17(11-9-15)21-13-12-16-5-2-3-6-18(16)20(21)19-7-4-14-22-19/h2-3,5-6,8-11,19-20H,4,7,12-14H2,1H3/t19-,20+/m0/s1. The summed E-state index contributed by atoms with van der Waals surface area (Å²) in [7, 11) is 0. The number of anilines is 1. The largest absolute Gasteiger partial charge is 0.376 e. The van der Waals surface area contributed by atoms with Crippen LogP contribution < -0.4 is 4.90 Å². The van der Waals surface area contributed by atoms with Crippen LogP contribution in [0.15, 0.2) is 48.5 Å². The number of aryl methyl sites for hydroxylation is 1. The summed E-state index contributed by atoms with van der Waals surface area (Å²) in [6.07, 6.45) is 3.79. The Kier molecular flexibility index (Phi) is 3.63. The number of ether oxygens (including phenoxy) is 1.